The average molecular weight is 245 g/mol. The summed E-state index contributed by atoms with van der Waals surface area (Å²) in [5.41, 5.74) is 3.60. The van der Waals surface area contributed by atoms with Crippen LogP contribution in [0.2, 0.25) is 5.02 Å². The van der Waals surface area contributed by atoms with Crippen LogP contribution in [0.15, 0.2) is 48.5 Å². The minimum absolute atomic E-state index is 0.661. The lowest BCUT2D eigenvalue weighted by Gasteiger charge is -2.09. The second-order valence-electron chi connectivity index (χ2n) is 4.78. The Balaban J connectivity index is 2.32. The van der Waals surface area contributed by atoms with Gasteiger partial charge in [-0.1, -0.05) is 67.9 Å². The highest BCUT2D eigenvalue weighted by atomic mass is 35.5. The fourth-order valence-electron chi connectivity index (χ4n) is 2.01. The van der Waals surface area contributed by atoms with Gasteiger partial charge in [0.1, 0.15) is 0 Å². The second-order valence-corrected chi connectivity index (χ2v) is 5.19. The number of benzene rings is 2. The summed E-state index contributed by atoms with van der Waals surface area (Å²) >= 11 is 6.35. The Bertz CT molecular complexity index is 486. The maximum absolute atomic E-state index is 6.35. The van der Waals surface area contributed by atoms with Crippen molar-refractivity contribution in [2.45, 2.75) is 20.3 Å². The molecule has 0 aromatic heterocycles. The van der Waals surface area contributed by atoms with Crippen LogP contribution in [0, 0.1) is 5.92 Å². The van der Waals surface area contributed by atoms with Crippen LogP contribution in [0.1, 0.15) is 19.4 Å². The monoisotopic (exact) mass is 244 g/mol. The van der Waals surface area contributed by atoms with Gasteiger partial charge in [-0.3, -0.25) is 0 Å². The van der Waals surface area contributed by atoms with E-state index in [1.165, 1.54) is 11.1 Å². The average Bonchev–Trinajstić information content (AvgIpc) is 2.29. The third kappa shape index (κ3) is 3.10. The predicted octanol–water partition coefficient (Wildman–Crippen LogP) is 5.21. The number of hydrogen-bond acceptors (Lipinski definition) is 0. The van der Waals surface area contributed by atoms with Crippen molar-refractivity contribution >= 4 is 11.6 Å². The van der Waals surface area contributed by atoms with Crippen LogP contribution in [-0.2, 0) is 6.42 Å². The van der Waals surface area contributed by atoms with Crippen LogP contribution < -0.4 is 0 Å². The summed E-state index contributed by atoms with van der Waals surface area (Å²) in [5.74, 6) is 0.661. The van der Waals surface area contributed by atoms with Crippen LogP contribution >= 0.6 is 11.6 Å². The summed E-state index contributed by atoms with van der Waals surface area (Å²) in [5, 5.41) is 0.842. The zero-order chi connectivity index (χ0) is 12.3. The molecule has 0 saturated heterocycles. The van der Waals surface area contributed by atoms with Gasteiger partial charge in [0.25, 0.3) is 0 Å². The van der Waals surface area contributed by atoms with Crippen molar-refractivity contribution in [1.82, 2.24) is 0 Å². The molecule has 0 saturated carbocycles. The van der Waals surface area contributed by atoms with Gasteiger partial charge in [-0.15, -0.1) is 0 Å². The molecule has 0 bridgehead atoms. The Hall–Kier alpha value is -1.27. The van der Waals surface area contributed by atoms with Gasteiger partial charge in [0.05, 0.1) is 0 Å². The molecule has 0 N–H and O–H groups in total. The molecule has 1 heteroatoms. The van der Waals surface area contributed by atoms with E-state index in [4.69, 9.17) is 11.6 Å². The normalized spacial score (nSPS) is 10.8. The van der Waals surface area contributed by atoms with E-state index in [1.807, 2.05) is 18.2 Å². The highest BCUT2D eigenvalue weighted by molar-refractivity contribution is 6.33. The number of halogens is 1. The van der Waals surface area contributed by atoms with E-state index < -0.39 is 0 Å². The lowest BCUT2D eigenvalue weighted by Crippen LogP contribution is -1.94. The van der Waals surface area contributed by atoms with E-state index in [9.17, 15) is 0 Å². The zero-order valence-electron chi connectivity index (χ0n) is 10.3. The molecule has 0 amide bonds. The molecule has 0 aliphatic carbocycles. The third-order valence-electron chi connectivity index (χ3n) is 2.76. The van der Waals surface area contributed by atoms with E-state index >= 15 is 0 Å². The van der Waals surface area contributed by atoms with Crippen molar-refractivity contribution in [2.75, 3.05) is 0 Å². The van der Waals surface area contributed by atoms with E-state index in [0.717, 1.165) is 17.0 Å². The number of hydrogen-bond donors (Lipinski definition) is 0. The molecule has 0 unspecified atom stereocenters. The van der Waals surface area contributed by atoms with Crippen molar-refractivity contribution in [3.63, 3.8) is 0 Å². The molecule has 17 heavy (non-hydrogen) atoms. The van der Waals surface area contributed by atoms with Gasteiger partial charge in [0, 0.05) is 10.6 Å². The highest BCUT2D eigenvalue weighted by Gasteiger charge is 2.05. The summed E-state index contributed by atoms with van der Waals surface area (Å²) in [6.07, 6.45) is 1.08. The molecule has 0 nitrogen and oxygen atoms in total. The largest absolute Gasteiger partial charge is 0.0837 e. The van der Waals surface area contributed by atoms with Gasteiger partial charge in [-0.2, -0.15) is 0 Å². The lowest BCUT2D eigenvalue weighted by atomic mass is 9.99. The maximum Gasteiger partial charge on any atom is 0.0487 e. The van der Waals surface area contributed by atoms with Crippen LogP contribution in [0.3, 0.4) is 0 Å². The lowest BCUT2D eigenvalue weighted by molar-refractivity contribution is 0.647. The van der Waals surface area contributed by atoms with Gasteiger partial charge in [-0.25, -0.2) is 0 Å². The van der Waals surface area contributed by atoms with Crippen LogP contribution in [0.4, 0.5) is 0 Å². The second kappa shape index (κ2) is 5.37. The van der Waals surface area contributed by atoms with Crippen molar-refractivity contribution in [3.05, 3.63) is 59.1 Å². The molecule has 0 atom stereocenters. The van der Waals surface area contributed by atoms with Gasteiger partial charge in [0.15, 0.2) is 0 Å². The van der Waals surface area contributed by atoms with E-state index in [1.54, 1.807) is 0 Å². The van der Waals surface area contributed by atoms with Crippen molar-refractivity contribution in [1.29, 1.82) is 0 Å². The summed E-state index contributed by atoms with van der Waals surface area (Å²) in [6, 6.07) is 16.6. The topological polar surface area (TPSA) is 0 Å². The maximum atomic E-state index is 6.35. The minimum atomic E-state index is 0.661. The minimum Gasteiger partial charge on any atom is -0.0837 e. The molecule has 2 aromatic rings. The number of rotatable bonds is 3. The summed E-state index contributed by atoms with van der Waals surface area (Å²) in [4.78, 5) is 0. The van der Waals surface area contributed by atoms with E-state index in [-0.39, 0.29) is 0 Å². The molecule has 0 aliphatic rings. The fraction of sp³-hybridized carbons (Fsp3) is 0.250. The first-order valence-electron chi connectivity index (χ1n) is 6.00. The van der Waals surface area contributed by atoms with Gasteiger partial charge in [0.2, 0.25) is 0 Å². The standard InChI is InChI=1S/C16H17Cl/c1-12(2)10-13-8-9-15(16(17)11-13)14-6-4-3-5-7-14/h3-9,11-12H,10H2,1-2H3. The quantitative estimate of drug-likeness (QED) is 0.696. The predicted molar refractivity (Wildman–Crippen MR) is 75.4 cm³/mol. The van der Waals surface area contributed by atoms with Gasteiger partial charge in [-0.05, 0) is 29.5 Å². The summed E-state index contributed by atoms with van der Waals surface area (Å²) in [6.45, 7) is 4.44. The molecular formula is C16H17Cl. The fourth-order valence-corrected chi connectivity index (χ4v) is 2.32. The first-order valence-corrected chi connectivity index (χ1v) is 6.38. The summed E-state index contributed by atoms with van der Waals surface area (Å²) < 4.78 is 0. The molecule has 88 valence electrons. The molecule has 2 aromatic carbocycles. The van der Waals surface area contributed by atoms with Crippen LogP contribution in [0.25, 0.3) is 11.1 Å². The van der Waals surface area contributed by atoms with E-state index in [2.05, 4.69) is 44.2 Å². The molecular weight excluding hydrogens is 228 g/mol. The Kier molecular flexibility index (Phi) is 3.86. The van der Waals surface area contributed by atoms with Crippen LogP contribution in [-0.4, -0.2) is 0 Å². The zero-order valence-corrected chi connectivity index (χ0v) is 11.0. The Morgan fingerprint density at radius 3 is 2.29 bits per heavy atom. The van der Waals surface area contributed by atoms with Crippen LogP contribution in [0.5, 0.6) is 0 Å². The van der Waals surface area contributed by atoms with Crippen molar-refractivity contribution < 1.29 is 0 Å². The first-order chi connectivity index (χ1) is 8.16. The molecule has 0 aliphatic heterocycles. The SMILES string of the molecule is CC(C)Cc1ccc(-c2ccccc2)c(Cl)c1. The first kappa shape index (κ1) is 12.2. The molecule has 2 rings (SSSR count). The van der Waals surface area contributed by atoms with Crippen molar-refractivity contribution in [2.24, 2.45) is 5.92 Å². The molecule has 0 fully saturated rings. The Labute approximate surface area is 108 Å². The van der Waals surface area contributed by atoms with Gasteiger partial charge < -0.3 is 0 Å². The third-order valence-corrected chi connectivity index (χ3v) is 3.07. The molecule has 0 radical (unpaired) electrons. The Morgan fingerprint density at radius 1 is 1.00 bits per heavy atom. The highest BCUT2D eigenvalue weighted by Crippen LogP contribution is 2.29. The van der Waals surface area contributed by atoms with Gasteiger partial charge >= 0.3 is 0 Å². The van der Waals surface area contributed by atoms with Crippen molar-refractivity contribution in [3.8, 4) is 11.1 Å². The molecule has 0 spiro atoms. The smallest absolute Gasteiger partial charge is 0.0487 e. The Morgan fingerprint density at radius 2 is 1.71 bits per heavy atom. The van der Waals surface area contributed by atoms with E-state index in [0.29, 0.717) is 5.92 Å². The summed E-state index contributed by atoms with van der Waals surface area (Å²) in [7, 11) is 0. The molecule has 0 heterocycles.